The molecule has 104 valence electrons. The Kier molecular flexibility index (Phi) is 3.77. The van der Waals surface area contributed by atoms with Gasteiger partial charge in [0.1, 0.15) is 5.82 Å². The van der Waals surface area contributed by atoms with Crippen molar-refractivity contribution in [1.82, 2.24) is 20.5 Å². The Morgan fingerprint density at radius 1 is 1.37 bits per heavy atom. The van der Waals surface area contributed by atoms with Crippen LogP contribution in [0.4, 0.5) is 0 Å². The zero-order valence-corrected chi connectivity index (χ0v) is 12.0. The summed E-state index contributed by atoms with van der Waals surface area (Å²) in [6.07, 6.45) is 9.06. The maximum Gasteiger partial charge on any atom is 0.291 e. The summed E-state index contributed by atoms with van der Waals surface area (Å²) < 4.78 is 0. The SMILES string of the molecule is CSC1CCCC(NC(=O)c2n[nH]c(C3CC3)n2)C1. The lowest BCUT2D eigenvalue weighted by atomic mass is 9.95. The molecule has 19 heavy (non-hydrogen) atoms. The summed E-state index contributed by atoms with van der Waals surface area (Å²) in [7, 11) is 0. The predicted octanol–water partition coefficient (Wildman–Crippen LogP) is 2.09. The first-order valence-corrected chi connectivity index (χ1v) is 8.31. The molecule has 1 heterocycles. The van der Waals surface area contributed by atoms with Crippen LogP contribution in [0.2, 0.25) is 0 Å². The van der Waals surface area contributed by atoms with Crippen LogP contribution in [0.1, 0.15) is 60.9 Å². The molecule has 0 radical (unpaired) electrons. The third kappa shape index (κ3) is 3.11. The van der Waals surface area contributed by atoms with Crippen LogP contribution < -0.4 is 5.32 Å². The zero-order chi connectivity index (χ0) is 13.2. The maximum absolute atomic E-state index is 12.1. The highest BCUT2D eigenvalue weighted by Crippen LogP contribution is 2.37. The smallest absolute Gasteiger partial charge is 0.291 e. The summed E-state index contributed by atoms with van der Waals surface area (Å²) in [5.74, 6) is 1.54. The van der Waals surface area contributed by atoms with E-state index >= 15 is 0 Å². The molecule has 0 spiro atoms. The van der Waals surface area contributed by atoms with Gasteiger partial charge in [-0.25, -0.2) is 4.98 Å². The van der Waals surface area contributed by atoms with Gasteiger partial charge in [-0.2, -0.15) is 11.8 Å². The minimum atomic E-state index is -0.130. The Labute approximate surface area is 117 Å². The van der Waals surface area contributed by atoms with E-state index in [0.717, 1.165) is 31.5 Å². The number of aromatic nitrogens is 3. The number of H-pyrrole nitrogens is 1. The van der Waals surface area contributed by atoms with Crippen LogP contribution in [0.5, 0.6) is 0 Å². The molecule has 0 aliphatic heterocycles. The molecule has 0 saturated heterocycles. The second-order valence-electron chi connectivity index (χ2n) is 5.51. The third-order valence-corrected chi connectivity index (χ3v) is 5.06. The van der Waals surface area contributed by atoms with Gasteiger partial charge in [0.2, 0.25) is 5.82 Å². The van der Waals surface area contributed by atoms with Crippen molar-refractivity contribution in [1.29, 1.82) is 0 Å². The third-order valence-electron chi connectivity index (χ3n) is 3.96. The van der Waals surface area contributed by atoms with Gasteiger partial charge in [-0.15, -0.1) is 5.10 Å². The number of hydrogen-bond acceptors (Lipinski definition) is 4. The van der Waals surface area contributed by atoms with E-state index in [1.807, 2.05) is 11.8 Å². The fourth-order valence-electron chi connectivity index (χ4n) is 2.66. The highest BCUT2D eigenvalue weighted by Gasteiger charge is 2.29. The van der Waals surface area contributed by atoms with Gasteiger partial charge in [-0.1, -0.05) is 6.42 Å². The lowest BCUT2D eigenvalue weighted by Gasteiger charge is -2.28. The van der Waals surface area contributed by atoms with Gasteiger partial charge in [-0.3, -0.25) is 9.89 Å². The number of carbonyl (C=O) groups is 1. The predicted molar refractivity (Wildman–Crippen MR) is 75.4 cm³/mol. The van der Waals surface area contributed by atoms with Gasteiger partial charge in [-0.05, 0) is 38.4 Å². The summed E-state index contributed by atoms with van der Waals surface area (Å²) in [5.41, 5.74) is 0. The normalized spacial score (nSPS) is 27.2. The summed E-state index contributed by atoms with van der Waals surface area (Å²) in [4.78, 5) is 16.4. The molecular formula is C13H20N4OS. The van der Waals surface area contributed by atoms with E-state index in [9.17, 15) is 4.79 Å². The second kappa shape index (κ2) is 5.53. The second-order valence-corrected chi connectivity index (χ2v) is 6.65. The molecule has 6 heteroatoms. The summed E-state index contributed by atoms with van der Waals surface area (Å²) in [5, 5.41) is 10.7. The average Bonchev–Trinajstić information content (AvgIpc) is 3.16. The molecule has 5 nitrogen and oxygen atoms in total. The standard InChI is InChI=1S/C13H20N4OS/c1-19-10-4-2-3-9(7-10)14-13(18)12-15-11(16-17-12)8-5-6-8/h8-10H,2-7H2,1H3,(H,14,18)(H,15,16,17). The van der Waals surface area contributed by atoms with Gasteiger partial charge in [0.05, 0.1) is 0 Å². The van der Waals surface area contributed by atoms with Crippen LogP contribution in [-0.4, -0.2) is 38.6 Å². The van der Waals surface area contributed by atoms with Crippen LogP contribution in [0.3, 0.4) is 0 Å². The maximum atomic E-state index is 12.1. The number of hydrogen-bond donors (Lipinski definition) is 2. The van der Waals surface area contributed by atoms with Crippen LogP contribution >= 0.6 is 11.8 Å². The van der Waals surface area contributed by atoms with Crippen molar-refractivity contribution < 1.29 is 4.79 Å². The number of thioether (sulfide) groups is 1. The average molecular weight is 280 g/mol. The van der Waals surface area contributed by atoms with Gasteiger partial charge >= 0.3 is 0 Å². The molecule has 2 saturated carbocycles. The zero-order valence-electron chi connectivity index (χ0n) is 11.2. The molecule has 1 amide bonds. The Hall–Kier alpha value is -1.04. The van der Waals surface area contributed by atoms with Crippen molar-refractivity contribution in [3.8, 4) is 0 Å². The summed E-state index contributed by atoms with van der Waals surface area (Å²) in [6.45, 7) is 0. The lowest BCUT2D eigenvalue weighted by molar-refractivity contribution is 0.0918. The van der Waals surface area contributed by atoms with Crippen LogP contribution in [0, 0.1) is 0 Å². The first-order valence-electron chi connectivity index (χ1n) is 7.02. The van der Waals surface area contributed by atoms with E-state index in [0.29, 0.717) is 17.0 Å². The number of amides is 1. The highest BCUT2D eigenvalue weighted by atomic mass is 32.2. The van der Waals surface area contributed by atoms with E-state index in [-0.39, 0.29) is 11.9 Å². The van der Waals surface area contributed by atoms with Gasteiger partial charge < -0.3 is 5.32 Å². The van der Waals surface area contributed by atoms with Gasteiger partial charge in [0.25, 0.3) is 5.91 Å². The van der Waals surface area contributed by atoms with E-state index in [4.69, 9.17) is 0 Å². The quantitative estimate of drug-likeness (QED) is 0.886. The fraction of sp³-hybridized carbons (Fsp3) is 0.769. The fourth-order valence-corrected chi connectivity index (χ4v) is 3.48. The topological polar surface area (TPSA) is 70.7 Å². The molecule has 1 aromatic rings. The monoisotopic (exact) mass is 280 g/mol. The number of aromatic amines is 1. The van der Waals surface area contributed by atoms with Crippen LogP contribution in [0.25, 0.3) is 0 Å². The van der Waals surface area contributed by atoms with Crippen LogP contribution in [0.15, 0.2) is 0 Å². The molecular weight excluding hydrogens is 260 g/mol. The largest absolute Gasteiger partial charge is 0.346 e. The minimum absolute atomic E-state index is 0.130. The number of rotatable bonds is 4. The van der Waals surface area contributed by atoms with E-state index < -0.39 is 0 Å². The molecule has 2 atom stereocenters. The van der Waals surface area contributed by atoms with Crippen molar-refractivity contribution in [2.24, 2.45) is 0 Å². The Morgan fingerprint density at radius 3 is 2.95 bits per heavy atom. The van der Waals surface area contributed by atoms with Crippen molar-refractivity contribution in [3.63, 3.8) is 0 Å². The number of nitrogens with zero attached hydrogens (tertiary/aromatic N) is 2. The lowest BCUT2D eigenvalue weighted by Crippen LogP contribution is -2.39. The molecule has 2 aliphatic carbocycles. The van der Waals surface area contributed by atoms with E-state index in [1.165, 1.54) is 12.8 Å². The van der Waals surface area contributed by atoms with E-state index in [2.05, 4.69) is 26.8 Å². The summed E-state index contributed by atoms with van der Waals surface area (Å²) in [6, 6.07) is 0.279. The molecule has 1 aromatic heterocycles. The van der Waals surface area contributed by atoms with Crippen molar-refractivity contribution in [2.75, 3.05) is 6.26 Å². The minimum Gasteiger partial charge on any atom is -0.346 e. The van der Waals surface area contributed by atoms with Gasteiger partial charge in [0, 0.05) is 17.2 Å². The van der Waals surface area contributed by atoms with Crippen molar-refractivity contribution in [2.45, 2.75) is 55.7 Å². The summed E-state index contributed by atoms with van der Waals surface area (Å²) >= 11 is 1.90. The molecule has 2 unspecified atom stereocenters. The first-order chi connectivity index (χ1) is 9.26. The molecule has 2 fully saturated rings. The van der Waals surface area contributed by atoms with Crippen molar-refractivity contribution >= 4 is 17.7 Å². The van der Waals surface area contributed by atoms with Crippen molar-refractivity contribution in [3.05, 3.63) is 11.6 Å². The van der Waals surface area contributed by atoms with Gasteiger partial charge in [0.15, 0.2) is 0 Å². The molecule has 2 aliphatic rings. The molecule has 0 aromatic carbocycles. The molecule has 3 rings (SSSR count). The molecule has 2 N–H and O–H groups in total. The number of carbonyl (C=O) groups excluding carboxylic acids is 1. The molecule has 0 bridgehead atoms. The Bertz CT molecular complexity index is 457. The van der Waals surface area contributed by atoms with Crippen LogP contribution in [-0.2, 0) is 0 Å². The van der Waals surface area contributed by atoms with E-state index in [1.54, 1.807) is 0 Å². The highest BCUT2D eigenvalue weighted by molar-refractivity contribution is 7.99. The Morgan fingerprint density at radius 2 is 2.21 bits per heavy atom. The Balaban J connectivity index is 1.57. The number of nitrogens with one attached hydrogen (secondary N) is 2. The first kappa shape index (κ1) is 13.0.